The van der Waals surface area contributed by atoms with Gasteiger partial charge in [-0.3, -0.25) is 9.36 Å². The average molecular weight is 680 g/mol. The van der Waals surface area contributed by atoms with Crippen molar-refractivity contribution in [2.45, 2.75) is 32.7 Å². The Kier molecular flexibility index (Phi) is 9.35. The van der Waals surface area contributed by atoms with Gasteiger partial charge >= 0.3 is 5.97 Å². The molecular formula is C28H28Br2N2O6S. The first-order chi connectivity index (χ1) is 18.8. The third-order valence-corrected chi connectivity index (χ3v) is 8.31. The van der Waals surface area contributed by atoms with Crippen molar-refractivity contribution in [2.75, 3.05) is 27.9 Å². The van der Waals surface area contributed by atoms with Crippen LogP contribution in [0.15, 0.2) is 60.3 Å². The second-order valence-corrected chi connectivity index (χ2v) is 11.3. The second kappa shape index (κ2) is 12.5. The number of rotatable bonds is 9. The molecule has 0 saturated heterocycles. The van der Waals surface area contributed by atoms with Gasteiger partial charge in [-0.05, 0) is 87.2 Å². The van der Waals surface area contributed by atoms with Crippen LogP contribution in [0.4, 0.5) is 0 Å². The van der Waals surface area contributed by atoms with E-state index in [1.807, 2.05) is 19.1 Å². The van der Waals surface area contributed by atoms with Crippen LogP contribution >= 0.6 is 43.2 Å². The number of esters is 1. The number of halogens is 2. The summed E-state index contributed by atoms with van der Waals surface area (Å²) in [6, 6.07) is 8.24. The van der Waals surface area contributed by atoms with E-state index in [1.165, 1.54) is 11.3 Å². The quantitative estimate of drug-likeness (QED) is 0.292. The molecule has 0 saturated carbocycles. The zero-order chi connectivity index (χ0) is 28.3. The number of hydrogen-bond acceptors (Lipinski definition) is 8. The van der Waals surface area contributed by atoms with E-state index in [0.717, 1.165) is 20.9 Å². The molecule has 0 spiro atoms. The summed E-state index contributed by atoms with van der Waals surface area (Å²) >= 11 is 8.31. The minimum atomic E-state index is -0.816. The molecule has 0 fully saturated rings. The lowest BCUT2D eigenvalue weighted by Crippen LogP contribution is -2.40. The molecule has 8 nitrogen and oxygen atoms in total. The third kappa shape index (κ3) is 5.71. The highest BCUT2D eigenvalue weighted by Gasteiger charge is 2.36. The van der Waals surface area contributed by atoms with Crippen LogP contribution in [0.3, 0.4) is 0 Å². The molecule has 0 unspecified atom stereocenters. The van der Waals surface area contributed by atoms with E-state index in [9.17, 15) is 9.59 Å². The highest BCUT2D eigenvalue weighted by Crippen LogP contribution is 2.39. The number of carbonyl (C=O) groups excluding carboxylic acids is 1. The molecule has 39 heavy (non-hydrogen) atoms. The maximum Gasteiger partial charge on any atom is 0.338 e. The lowest BCUT2D eigenvalue weighted by atomic mass is 9.93. The van der Waals surface area contributed by atoms with Crippen molar-refractivity contribution in [3.05, 3.63) is 81.4 Å². The van der Waals surface area contributed by atoms with Gasteiger partial charge in [-0.2, -0.15) is 0 Å². The molecule has 0 amide bonds. The van der Waals surface area contributed by atoms with Crippen LogP contribution in [0, 0.1) is 0 Å². The van der Waals surface area contributed by atoms with Gasteiger partial charge in [0.05, 0.1) is 52.7 Å². The molecular weight excluding hydrogens is 652 g/mol. The van der Waals surface area contributed by atoms with Crippen molar-refractivity contribution in [1.82, 2.24) is 4.57 Å². The van der Waals surface area contributed by atoms with E-state index in [2.05, 4.69) is 31.9 Å². The van der Waals surface area contributed by atoms with E-state index in [-0.39, 0.29) is 12.2 Å². The Bertz CT molecular complexity index is 1600. The van der Waals surface area contributed by atoms with Crippen molar-refractivity contribution in [1.29, 1.82) is 0 Å². The fourth-order valence-corrected chi connectivity index (χ4v) is 7.04. The number of aromatic nitrogens is 1. The standard InChI is InChI=1S/C28H28Br2N2O6S/c1-6-8-20-23(27(34)38-7-2)24(17-14-16(35-3)9-10-21(17)36-4)32-26(33)22(39-28(32)31-20)13-15-11-18(29)25(37-5)19(30)12-15/h9-14,24H,6-8H2,1-5H3/b22-13-/t24-/m1/s1. The molecule has 3 aromatic rings. The molecule has 1 aliphatic heterocycles. The molecule has 2 heterocycles. The summed E-state index contributed by atoms with van der Waals surface area (Å²) < 4.78 is 25.5. The normalized spacial score (nSPS) is 15.1. The fraction of sp³-hybridized carbons (Fsp3) is 0.321. The van der Waals surface area contributed by atoms with E-state index in [0.29, 0.717) is 49.8 Å². The molecule has 11 heteroatoms. The summed E-state index contributed by atoms with van der Waals surface area (Å²) in [5, 5.41) is 0. The highest BCUT2D eigenvalue weighted by molar-refractivity contribution is 9.11. The molecule has 4 rings (SSSR count). The first-order valence-electron chi connectivity index (χ1n) is 12.2. The summed E-state index contributed by atoms with van der Waals surface area (Å²) in [6.07, 6.45) is 3.10. The van der Waals surface area contributed by atoms with Gasteiger partial charge in [0.1, 0.15) is 23.3 Å². The van der Waals surface area contributed by atoms with Crippen LogP contribution in [0.2, 0.25) is 0 Å². The largest absolute Gasteiger partial charge is 0.497 e. The Hall–Kier alpha value is -2.89. The smallest absolute Gasteiger partial charge is 0.338 e. The minimum absolute atomic E-state index is 0.190. The van der Waals surface area contributed by atoms with Crippen LogP contribution in [0.5, 0.6) is 17.2 Å². The number of nitrogens with zero attached hydrogens (tertiary/aromatic N) is 2. The number of carbonyl (C=O) groups is 1. The monoisotopic (exact) mass is 678 g/mol. The number of allylic oxidation sites excluding steroid dienone is 1. The first kappa shape index (κ1) is 29.1. The Balaban J connectivity index is 2.05. The topological polar surface area (TPSA) is 88.4 Å². The SMILES string of the molecule is CCCC1=C(C(=O)OCC)[C@@H](c2cc(OC)ccc2OC)n2c(s/c(=C\c3cc(Br)c(OC)c(Br)c3)c2=O)=N1. The van der Waals surface area contributed by atoms with Crippen LogP contribution < -0.4 is 29.1 Å². The van der Waals surface area contributed by atoms with Crippen molar-refractivity contribution < 1.29 is 23.7 Å². The lowest BCUT2D eigenvalue weighted by molar-refractivity contribution is -0.139. The number of ether oxygens (including phenoxy) is 4. The van der Waals surface area contributed by atoms with Crippen molar-refractivity contribution >= 4 is 55.2 Å². The van der Waals surface area contributed by atoms with Crippen LogP contribution in [-0.4, -0.2) is 38.5 Å². The number of thiazole rings is 1. The van der Waals surface area contributed by atoms with Crippen molar-refractivity contribution in [2.24, 2.45) is 4.99 Å². The van der Waals surface area contributed by atoms with E-state index < -0.39 is 12.0 Å². The Morgan fingerprint density at radius 2 is 1.79 bits per heavy atom. The zero-order valence-corrected chi connectivity index (χ0v) is 26.2. The lowest BCUT2D eigenvalue weighted by Gasteiger charge is -2.27. The summed E-state index contributed by atoms with van der Waals surface area (Å²) in [6.45, 7) is 3.95. The van der Waals surface area contributed by atoms with Gasteiger partial charge in [-0.25, -0.2) is 9.79 Å². The number of methoxy groups -OCH3 is 3. The molecule has 1 aliphatic rings. The van der Waals surface area contributed by atoms with Gasteiger partial charge in [0.2, 0.25) is 0 Å². The highest BCUT2D eigenvalue weighted by atomic mass is 79.9. The van der Waals surface area contributed by atoms with Gasteiger partial charge < -0.3 is 18.9 Å². The maximum atomic E-state index is 14.0. The van der Waals surface area contributed by atoms with E-state index in [1.54, 1.807) is 57.1 Å². The van der Waals surface area contributed by atoms with Gasteiger partial charge in [-0.1, -0.05) is 24.7 Å². The predicted octanol–water partition coefficient (Wildman–Crippen LogP) is 5.13. The van der Waals surface area contributed by atoms with E-state index >= 15 is 0 Å². The van der Waals surface area contributed by atoms with Gasteiger partial charge in [0, 0.05) is 5.56 Å². The van der Waals surface area contributed by atoms with Gasteiger partial charge in [0.15, 0.2) is 4.80 Å². The molecule has 0 N–H and O–H groups in total. The minimum Gasteiger partial charge on any atom is -0.497 e. The molecule has 206 valence electrons. The Morgan fingerprint density at radius 3 is 2.38 bits per heavy atom. The van der Waals surface area contributed by atoms with Gasteiger partial charge in [0.25, 0.3) is 5.56 Å². The fourth-order valence-electron chi connectivity index (χ4n) is 4.48. The van der Waals surface area contributed by atoms with Crippen LogP contribution in [-0.2, 0) is 9.53 Å². The van der Waals surface area contributed by atoms with Crippen molar-refractivity contribution in [3.63, 3.8) is 0 Å². The Labute approximate surface area is 246 Å². The average Bonchev–Trinajstić information content (AvgIpc) is 3.21. The summed E-state index contributed by atoms with van der Waals surface area (Å²) in [5.74, 6) is 1.22. The predicted molar refractivity (Wildman–Crippen MR) is 158 cm³/mol. The number of benzene rings is 2. The zero-order valence-electron chi connectivity index (χ0n) is 22.2. The molecule has 0 aliphatic carbocycles. The second-order valence-electron chi connectivity index (χ2n) is 8.54. The molecule has 0 bridgehead atoms. The Morgan fingerprint density at radius 1 is 1.08 bits per heavy atom. The van der Waals surface area contributed by atoms with Crippen LogP contribution in [0.1, 0.15) is 43.9 Å². The van der Waals surface area contributed by atoms with Crippen LogP contribution in [0.25, 0.3) is 6.08 Å². The molecule has 0 radical (unpaired) electrons. The molecule has 1 aromatic heterocycles. The number of fused-ring (bicyclic) bond motifs is 1. The summed E-state index contributed by atoms with van der Waals surface area (Å²) in [4.78, 5) is 32.7. The first-order valence-corrected chi connectivity index (χ1v) is 14.6. The van der Waals surface area contributed by atoms with Crippen molar-refractivity contribution in [3.8, 4) is 17.2 Å². The maximum absolute atomic E-state index is 14.0. The summed E-state index contributed by atoms with van der Waals surface area (Å²) in [5.41, 5.74) is 2.02. The third-order valence-electron chi connectivity index (χ3n) is 6.15. The number of hydrogen-bond donors (Lipinski definition) is 0. The summed E-state index contributed by atoms with van der Waals surface area (Å²) in [7, 11) is 4.70. The van der Waals surface area contributed by atoms with Gasteiger partial charge in [-0.15, -0.1) is 0 Å². The molecule has 2 aromatic carbocycles. The molecule has 1 atom stereocenters. The van der Waals surface area contributed by atoms with E-state index in [4.69, 9.17) is 23.9 Å².